The molecule has 1 aromatic carbocycles. The number of aryl methyl sites for hydroxylation is 1. The normalized spacial score (nSPS) is 21.5. The average molecular weight is 407 g/mol. The van der Waals surface area contributed by atoms with Gasteiger partial charge < -0.3 is 14.4 Å². The van der Waals surface area contributed by atoms with E-state index in [1.165, 1.54) is 6.07 Å². The molecule has 0 bridgehead atoms. The molecule has 162 valence electrons. The number of carbonyl (C=O) groups excluding carboxylic acids is 1. The van der Waals surface area contributed by atoms with Crippen LogP contribution >= 0.6 is 0 Å². The molecule has 3 rings (SSSR count). The molecule has 0 radical (unpaired) electrons. The van der Waals surface area contributed by atoms with E-state index in [0.29, 0.717) is 30.3 Å². The van der Waals surface area contributed by atoms with Crippen molar-refractivity contribution in [3.8, 4) is 0 Å². The maximum Gasteiger partial charge on any atom is 0.253 e. The molecule has 0 saturated carbocycles. The summed E-state index contributed by atoms with van der Waals surface area (Å²) in [6.45, 7) is 10.9. The molecule has 29 heavy (non-hydrogen) atoms. The molecule has 5 nitrogen and oxygen atoms in total. The Kier molecular flexibility index (Phi) is 7.30. The Hall–Kier alpha value is -1.50. The number of amides is 1. The van der Waals surface area contributed by atoms with Gasteiger partial charge in [0.25, 0.3) is 5.91 Å². The molecule has 2 heterocycles. The summed E-state index contributed by atoms with van der Waals surface area (Å²) in [6.07, 6.45) is 3.18. The molecular formula is C23H35FN2O3. The summed E-state index contributed by atoms with van der Waals surface area (Å²) in [4.78, 5) is 17.0. The monoisotopic (exact) mass is 406 g/mol. The first-order valence-electron chi connectivity index (χ1n) is 10.7. The zero-order valence-corrected chi connectivity index (χ0v) is 18.2. The first-order chi connectivity index (χ1) is 13.8. The van der Waals surface area contributed by atoms with Crippen LogP contribution in [-0.4, -0.2) is 74.4 Å². The number of likely N-dealkylation sites (tertiary alicyclic amines) is 1. The fourth-order valence-corrected chi connectivity index (χ4v) is 4.48. The largest absolute Gasteiger partial charge is 0.383 e. The molecule has 2 aliphatic heterocycles. The average Bonchev–Trinajstić information content (AvgIpc) is 3.09. The van der Waals surface area contributed by atoms with Crippen molar-refractivity contribution < 1.29 is 18.7 Å². The third-order valence-electron chi connectivity index (χ3n) is 6.57. The molecule has 1 amide bonds. The van der Waals surface area contributed by atoms with Crippen LogP contribution in [0.1, 0.15) is 49.0 Å². The molecule has 1 spiro atoms. The van der Waals surface area contributed by atoms with E-state index in [9.17, 15) is 9.18 Å². The van der Waals surface area contributed by atoms with E-state index in [2.05, 4.69) is 18.7 Å². The minimum Gasteiger partial charge on any atom is -0.383 e. The van der Waals surface area contributed by atoms with E-state index in [4.69, 9.17) is 9.47 Å². The molecule has 6 heteroatoms. The van der Waals surface area contributed by atoms with Crippen LogP contribution in [0, 0.1) is 18.2 Å². The van der Waals surface area contributed by atoms with Crippen molar-refractivity contribution in [2.24, 2.45) is 5.41 Å². The van der Waals surface area contributed by atoms with Crippen LogP contribution in [0.3, 0.4) is 0 Å². The lowest BCUT2D eigenvalue weighted by Crippen LogP contribution is -2.44. The first-order valence-corrected chi connectivity index (χ1v) is 10.7. The minimum absolute atomic E-state index is 0.0697. The van der Waals surface area contributed by atoms with Gasteiger partial charge in [0, 0.05) is 44.9 Å². The van der Waals surface area contributed by atoms with Gasteiger partial charge in [0.15, 0.2) is 0 Å². The SMILES string of the molecule is COCCN(C[C@H]1CC2(CCN(C(=O)c3ccc(C)c(F)c3)CC2)CO1)C(C)C. The fraction of sp³-hybridized carbons (Fsp3) is 0.696. The number of rotatable bonds is 7. The topological polar surface area (TPSA) is 42.0 Å². The maximum atomic E-state index is 13.8. The summed E-state index contributed by atoms with van der Waals surface area (Å²) in [5, 5.41) is 0. The Morgan fingerprint density at radius 1 is 1.38 bits per heavy atom. The third-order valence-corrected chi connectivity index (χ3v) is 6.57. The number of piperidine rings is 1. The molecule has 0 aromatic heterocycles. The number of ether oxygens (including phenoxy) is 2. The van der Waals surface area contributed by atoms with E-state index in [0.717, 1.165) is 45.6 Å². The first kappa shape index (κ1) is 22.2. The molecule has 2 aliphatic rings. The van der Waals surface area contributed by atoms with Gasteiger partial charge in [0.05, 0.1) is 19.3 Å². The summed E-state index contributed by atoms with van der Waals surface area (Å²) in [7, 11) is 1.74. The second-order valence-corrected chi connectivity index (χ2v) is 8.97. The number of halogens is 1. The molecule has 2 saturated heterocycles. The van der Waals surface area contributed by atoms with E-state index in [1.54, 1.807) is 26.2 Å². The van der Waals surface area contributed by atoms with Gasteiger partial charge >= 0.3 is 0 Å². The summed E-state index contributed by atoms with van der Waals surface area (Å²) in [5.41, 5.74) is 1.17. The van der Waals surface area contributed by atoms with Crippen LogP contribution in [0.4, 0.5) is 4.39 Å². The standard InChI is InChI=1S/C23H35FN2O3/c1-17(2)26(11-12-28-4)15-20-14-23(16-29-20)7-9-25(10-8-23)22(27)19-6-5-18(3)21(24)13-19/h5-6,13,17,20H,7-12,14-16H2,1-4H3/t20-/m1/s1. The smallest absolute Gasteiger partial charge is 0.253 e. The molecule has 2 fully saturated rings. The number of hydrogen-bond acceptors (Lipinski definition) is 4. The number of carbonyl (C=O) groups is 1. The van der Waals surface area contributed by atoms with Gasteiger partial charge in [-0.25, -0.2) is 4.39 Å². The zero-order chi connectivity index (χ0) is 21.0. The summed E-state index contributed by atoms with van der Waals surface area (Å²) in [6, 6.07) is 5.21. The summed E-state index contributed by atoms with van der Waals surface area (Å²) < 4.78 is 25.2. The van der Waals surface area contributed by atoms with Crippen molar-refractivity contribution in [3.63, 3.8) is 0 Å². The minimum atomic E-state index is -0.320. The predicted molar refractivity (Wildman–Crippen MR) is 112 cm³/mol. The lowest BCUT2D eigenvalue weighted by atomic mass is 9.76. The van der Waals surface area contributed by atoms with Crippen LogP contribution in [-0.2, 0) is 9.47 Å². The van der Waals surface area contributed by atoms with Crippen LogP contribution in [0.15, 0.2) is 18.2 Å². The van der Waals surface area contributed by atoms with Crippen molar-refractivity contribution in [3.05, 3.63) is 35.1 Å². The van der Waals surface area contributed by atoms with Gasteiger partial charge in [-0.1, -0.05) is 6.07 Å². The van der Waals surface area contributed by atoms with Crippen LogP contribution in [0.25, 0.3) is 0 Å². The van der Waals surface area contributed by atoms with Gasteiger partial charge in [0.2, 0.25) is 0 Å². The molecule has 1 aromatic rings. The van der Waals surface area contributed by atoms with Crippen molar-refractivity contribution in [1.82, 2.24) is 9.80 Å². The number of nitrogens with zero attached hydrogens (tertiary/aromatic N) is 2. The summed E-state index contributed by atoms with van der Waals surface area (Å²) in [5.74, 6) is -0.390. The van der Waals surface area contributed by atoms with Gasteiger partial charge in [-0.15, -0.1) is 0 Å². The van der Waals surface area contributed by atoms with Crippen molar-refractivity contribution in [2.75, 3.05) is 46.5 Å². The highest BCUT2D eigenvalue weighted by Crippen LogP contribution is 2.42. The highest BCUT2D eigenvalue weighted by molar-refractivity contribution is 5.94. The maximum absolute atomic E-state index is 13.8. The zero-order valence-electron chi connectivity index (χ0n) is 18.2. The van der Waals surface area contributed by atoms with Crippen LogP contribution in [0.5, 0.6) is 0 Å². The molecule has 0 unspecified atom stereocenters. The molecule has 1 atom stereocenters. The van der Waals surface area contributed by atoms with E-state index >= 15 is 0 Å². The van der Waals surface area contributed by atoms with Crippen molar-refractivity contribution in [1.29, 1.82) is 0 Å². The fourth-order valence-electron chi connectivity index (χ4n) is 4.48. The van der Waals surface area contributed by atoms with Gasteiger partial charge in [-0.2, -0.15) is 0 Å². The predicted octanol–water partition coefficient (Wildman–Crippen LogP) is 3.50. The van der Waals surface area contributed by atoms with E-state index < -0.39 is 0 Å². The Labute approximate surface area is 174 Å². The number of benzene rings is 1. The van der Waals surface area contributed by atoms with E-state index in [-0.39, 0.29) is 23.2 Å². The van der Waals surface area contributed by atoms with Crippen molar-refractivity contribution in [2.45, 2.75) is 52.2 Å². The second-order valence-electron chi connectivity index (χ2n) is 8.97. The number of hydrogen-bond donors (Lipinski definition) is 0. The molecule has 0 N–H and O–H groups in total. The number of methoxy groups -OCH3 is 1. The van der Waals surface area contributed by atoms with Crippen LogP contribution in [0.2, 0.25) is 0 Å². The van der Waals surface area contributed by atoms with Crippen molar-refractivity contribution >= 4 is 5.91 Å². The molecular weight excluding hydrogens is 371 g/mol. The lowest BCUT2D eigenvalue weighted by Gasteiger charge is -2.38. The Morgan fingerprint density at radius 3 is 2.72 bits per heavy atom. The second kappa shape index (κ2) is 9.54. The highest BCUT2D eigenvalue weighted by Gasteiger charge is 2.43. The summed E-state index contributed by atoms with van der Waals surface area (Å²) >= 11 is 0. The van der Waals surface area contributed by atoms with Gasteiger partial charge in [-0.3, -0.25) is 9.69 Å². The van der Waals surface area contributed by atoms with Crippen LogP contribution < -0.4 is 0 Å². The highest BCUT2D eigenvalue weighted by atomic mass is 19.1. The van der Waals surface area contributed by atoms with Gasteiger partial charge in [0.1, 0.15) is 5.82 Å². The Balaban J connectivity index is 1.53. The van der Waals surface area contributed by atoms with Gasteiger partial charge in [-0.05, 0) is 63.1 Å². The molecule has 0 aliphatic carbocycles. The Morgan fingerprint density at radius 2 is 2.10 bits per heavy atom. The lowest BCUT2D eigenvalue weighted by molar-refractivity contribution is 0.0366. The quantitative estimate of drug-likeness (QED) is 0.695. The third kappa shape index (κ3) is 5.36. The van der Waals surface area contributed by atoms with E-state index in [1.807, 2.05) is 4.90 Å². The Bertz CT molecular complexity index is 701.